The maximum Gasteiger partial charge on any atom is 0.347 e. The summed E-state index contributed by atoms with van der Waals surface area (Å²) in [5, 5.41) is 12.7. The average Bonchev–Trinajstić information content (AvgIpc) is 2.95. The molecular formula is C19H24N2O3S. The Morgan fingerprint density at radius 1 is 1.20 bits per heavy atom. The molecule has 5 nitrogen and oxygen atoms in total. The average molecular weight is 360 g/mol. The van der Waals surface area contributed by atoms with Gasteiger partial charge in [-0.2, -0.15) is 0 Å². The molecule has 0 aliphatic heterocycles. The van der Waals surface area contributed by atoms with E-state index < -0.39 is 5.97 Å². The first-order valence-corrected chi connectivity index (χ1v) is 9.16. The predicted molar refractivity (Wildman–Crippen MR) is 99.0 cm³/mol. The third-order valence-electron chi connectivity index (χ3n) is 4.19. The van der Waals surface area contributed by atoms with E-state index in [4.69, 9.17) is 5.11 Å². The first kappa shape index (κ1) is 19.1. The molecule has 2 N–H and O–H groups in total. The van der Waals surface area contributed by atoms with E-state index in [1.807, 2.05) is 37.3 Å². The number of nitrogens with zero attached hydrogens (tertiary/aromatic N) is 1. The minimum absolute atomic E-state index is 0.0558. The van der Waals surface area contributed by atoms with Gasteiger partial charge in [-0.05, 0) is 31.2 Å². The minimum atomic E-state index is -0.983. The molecule has 2 unspecified atom stereocenters. The Morgan fingerprint density at radius 2 is 1.84 bits per heavy atom. The standard InChI is InChI=1S/C19H24N2O3S/c1-11(2)15(14-8-6-5-7-9-14)10-16(22)20-13(4)18-21-12(3)17(25-18)19(23)24/h5-9,11,13,15H,10H2,1-4H3,(H,20,22)(H,23,24). The maximum absolute atomic E-state index is 12.5. The van der Waals surface area contributed by atoms with E-state index >= 15 is 0 Å². The molecule has 1 heterocycles. The number of carbonyl (C=O) groups is 2. The number of nitrogens with one attached hydrogen (secondary N) is 1. The zero-order valence-electron chi connectivity index (χ0n) is 14.9. The summed E-state index contributed by atoms with van der Waals surface area (Å²) in [6.45, 7) is 7.71. The molecule has 2 aromatic rings. The lowest BCUT2D eigenvalue weighted by Gasteiger charge is -2.22. The Bertz CT molecular complexity index is 740. The summed E-state index contributed by atoms with van der Waals surface area (Å²) in [5.41, 5.74) is 1.64. The van der Waals surface area contributed by atoms with Crippen molar-refractivity contribution in [2.24, 2.45) is 5.92 Å². The van der Waals surface area contributed by atoms with Gasteiger partial charge in [0.15, 0.2) is 0 Å². The van der Waals surface area contributed by atoms with Gasteiger partial charge in [0.2, 0.25) is 5.91 Å². The first-order valence-electron chi connectivity index (χ1n) is 8.34. The monoisotopic (exact) mass is 360 g/mol. The Labute approximate surface area is 152 Å². The van der Waals surface area contributed by atoms with Gasteiger partial charge in [-0.15, -0.1) is 11.3 Å². The lowest BCUT2D eigenvalue weighted by atomic mass is 9.85. The molecule has 0 fully saturated rings. The van der Waals surface area contributed by atoms with Crippen LogP contribution in [-0.4, -0.2) is 22.0 Å². The molecule has 0 bridgehead atoms. The summed E-state index contributed by atoms with van der Waals surface area (Å²) >= 11 is 1.11. The molecule has 2 rings (SSSR count). The van der Waals surface area contributed by atoms with Crippen LogP contribution in [0.25, 0.3) is 0 Å². The summed E-state index contributed by atoms with van der Waals surface area (Å²) in [6.07, 6.45) is 0.391. The molecule has 1 aromatic carbocycles. The largest absolute Gasteiger partial charge is 0.477 e. The van der Waals surface area contributed by atoms with Crippen LogP contribution in [0.3, 0.4) is 0 Å². The smallest absolute Gasteiger partial charge is 0.347 e. The Hall–Kier alpha value is -2.21. The number of hydrogen-bond donors (Lipinski definition) is 2. The van der Waals surface area contributed by atoms with Crippen LogP contribution >= 0.6 is 11.3 Å². The minimum Gasteiger partial charge on any atom is -0.477 e. The fraction of sp³-hybridized carbons (Fsp3) is 0.421. The third kappa shape index (κ3) is 4.89. The van der Waals surface area contributed by atoms with Crippen LogP contribution in [0.15, 0.2) is 30.3 Å². The van der Waals surface area contributed by atoms with Crippen LogP contribution in [0.1, 0.15) is 65.1 Å². The van der Waals surface area contributed by atoms with Crippen molar-refractivity contribution in [1.29, 1.82) is 0 Å². The summed E-state index contributed by atoms with van der Waals surface area (Å²) in [6, 6.07) is 9.71. The molecule has 0 radical (unpaired) electrons. The number of benzene rings is 1. The molecule has 1 aromatic heterocycles. The van der Waals surface area contributed by atoms with E-state index in [1.54, 1.807) is 6.92 Å². The fourth-order valence-electron chi connectivity index (χ4n) is 2.80. The molecule has 1 amide bonds. The lowest BCUT2D eigenvalue weighted by Crippen LogP contribution is -2.29. The van der Waals surface area contributed by atoms with Gasteiger partial charge in [0.05, 0.1) is 11.7 Å². The van der Waals surface area contributed by atoms with Gasteiger partial charge in [-0.1, -0.05) is 44.2 Å². The highest BCUT2D eigenvalue weighted by Crippen LogP contribution is 2.28. The van der Waals surface area contributed by atoms with Crippen LogP contribution in [0.4, 0.5) is 0 Å². The molecule has 0 aliphatic carbocycles. The molecule has 0 aliphatic rings. The second kappa shape index (κ2) is 8.25. The third-order valence-corrected chi connectivity index (χ3v) is 5.52. The van der Waals surface area contributed by atoms with E-state index in [-0.39, 0.29) is 22.7 Å². The number of carbonyl (C=O) groups excluding carboxylic acids is 1. The summed E-state index contributed by atoms with van der Waals surface area (Å²) in [7, 11) is 0. The summed E-state index contributed by atoms with van der Waals surface area (Å²) < 4.78 is 0. The Morgan fingerprint density at radius 3 is 2.36 bits per heavy atom. The highest BCUT2D eigenvalue weighted by atomic mass is 32.1. The van der Waals surface area contributed by atoms with Gasteiger partial charge in [0, 0.05) is 6.42 Å². The number of aromatic nitrogens is 1. The maximum atomic E-state index is 12.5. The first-order chi connectivity index (χ1) is 11.8. The van der Waals surface area contributed by atoms with Gasteiger partial charge in [-0.25, -0.2) is 9.78 Å². The number of aryl methyl sites for hydroxylation is 1. The number of hydrogen-bond acceptors (Lipinski definition) is 4. The van der Waals surface area contributed by atoms with E-state index in [2.05, 4.69) is 24.1 Å². The topological polar surface area (TPSA) is 79.3 Å². The van der Waals surface area contributed by atoms with Crippen molar-refractivity contribution in [3.8, 4) is 0 Å². The quantitative estimate of drug-likeness (QED) is 0.777. The lowest BCUT2D eigenvalue weighted by molar-refractivity contribution is -0.122. The zero-order chi connectivity index (χ0) is 18.6. The molecule has 134 valence electrons. The Kier molecular flexibility index (Phi) is 6.31. The summed E-state index contributed by atoms with van der Waals surface area (Å²) in [4.78, 5) is 28.1. The van der Waals surface area contributed by atoms with Crippen molar-refractivity contribution in [2.75, 3.05) is 0 Å². The van der Waals surface area contributed by atoms with Crippen LogP contribution in [-0.2, 0) is 4.79 Å². The molecule has 2 atom stereocenters. The SMILES string of the molecule is Cc1nc(C(C)NC(=O)CC(c2ccccc2)C(C)C)sc1C(=O)O. The second-order valence-electron chi connectivity index (χ2n) is 6.53. The van der Waals surface area contributed by atoms with Gasteiger partial charge in [-0.3, -0.25) is 4.79 Å². The van der Waals surface area contributed by atoms with Crippen LogP contribution < -0.4 is 5.32 Å². The number of aromatic carboxylic acids is 1. The van der Waals surface area contributed by atoms with Crippen molar-refractivity contribution in [3.63, 3.8) is 0 Å². The molecular weight excluding hydrogens is 336 g/mol. The fourth-order valence-corrected chi connectivity index (χ4v) is 3.71. The highest BCUT2D eigenvalue weighted by molar-refractivity contribution is 7.13. The molecule has 6 heteroatoms. The molecule has 25 heavy (non-hydrogen) atoms. The Balaban J connectivity index is 2.05. The second-order valence-corrected chi connectivity index (χ2v) is 7.56. The number of carboxylic acids is 1. The number of thiazole rings is 1. The van der Waals surface area contributed by atoms with Gasteiger partial charge >= 0.3 is 5.97 Å². The van der Waals surface area contributed by atoms with Crippen LogP contribution in [0.5, 0.6) is 0 Å². The number of amides is 1. The van der Waals surface area contributed by atoms with Crippen molar-refractivity contribution in [3.05, 3.63) is 51.5 Å². The van der Waals surface area contributed by atoms with Crippen molar-refractivity contribution in [1.82, 2.24) is 10.3 Å². The van der Waals surface area contributed by atoms with Crippen molar-refractivity contribution < 1.29 is 14.7 Å². The van der Waals surface area contributed by atoms with Crippen molar-refractivity contribution >= 4 is 23.2 Å². The van der Waals surface area contributed by atoms with E-state index in [0.29, 0.717) is 23.0 Å². The van der Waals surface area contributed by atoms with E-state index in [0.717, 1.165) is 16.9 Å². The van der Waals surface area contributed by atoms with Gasteiger partial charge < -0.3 is 10.4 Å². The van der Waals surface area contributed by atoms with E-state index in [1.165, 1.54) is 0 Å². The molecule has 0 saturated heterocycles. The number of carboxylic acid groups (broad SMARTS) is 1. The van der Waals surface area contributed by atoms with Crippen molar-refractivity contribution in [2.45, 2.75) is 46.1 Å². The van der Waals surface area contributed by atoms with Gasteiger partial charge in [0.1, 0.15) is 9.88 Å². The van der Waals surface area contributed by atoms with Crippen LogP contribution in [0.2, 0.25) is 0 Å². The zero-order valence-corrected chi connectivity index (χ0v) is 15.8. The molecule has 0 spiro atoms. The molecule has 0 saturated carbocycles. The predicted octanol–water partition coefficient (Wildman–Crippen LogP) is 4.16. The summed E-state index contributed by atoms with van der Waals surface area (Å²) in [5.74, 6) is -0.561. The van der Waals surface area contributed by atoms with Crippen LogP contribution in [0, 0.1) is 12.8 Å². The normalized spacial score (nSPS) is 13.5. The van der Waals surface area contributed by atoms with Gasteiger partial charge in [0.25, 0.3) is 0 Å². The highest BCUT2D eigenvalue weighted by Gasteiger charge is 2.23. The van der Waals surface area contributed by atoms with E-state index in [9.17, 15) is 9.59 Å². The number of rotatable bonds is 7.